The van der Waals surface area contributed by atoms with Gasteiger partial charge in [-0.2, -0.15) is 0 Å². The highest BCUT2D eigenvalue weighted by Gasteiger charge is 2.26. The normalized spacial score (nSPS) is 19.5. The van der Waals surface area contributed by atoms with Crippen molar-refractivity contribution in [2.45, 2.75) is 45.8 Å². The Morgan fingerprint density at radius 1 is 1.43 bits per heavy atom. The van der Waals surface area contributed by atoms with E-state index in [0.29, 0.717) is 31.6 Å². The number of nitrogens with zero attached hydrogens (tertiary/aromatic N) is 3. The number of anilines is 1. The van der Waals surface area contributed by atoms with E-state index in [0.717, 1.165) is 6.54 Å². The highest BCUT2D eigenvalue weighted by molar-refractivity contribution is 5.38. The third kappa shape index (κ3) is 3.83. The molecule has 2 heterocycles. The minimum absolute atomic E-state index is 0.0241. The molecule has 1 aliphatic heterocycles. The Bertz CT molecular complexity index is 513. The predicted molar refractivity (Wildman–Crippen MR) is 84.0 cm³/mol. The second kappa shape index (κ2) is 7.04. The van der Waals surface area contributed by atoms with Crippen molar-refractivity contribution >= 4 is 5.82 Å². The summed E-state index contributed by atoms with van der Waals surface area (Å²) in [7, 11) is 0. The van der Waals surface area contributed by atoms with Crippen LogP contribution in [-0.4, -0.2) is 47.9 Å². The zero-order valence-corrected chi connectivity index (χ0v) is 13.4. The summed E-state index contributed by atoms with van der Waals surface area (Å²) >= 11 is 0. The van der Waals surface area contributed by atoms with E-state index < -0.39 is 0 Å². The summed E-state index contributed by atoms with van der Waals surface area (Å²) in [6, 6.07) is 0.682. The van der Waals surface area contributed by atoms with E-state index in [1.807, 2.05) is 13.8 Å². The van der Waals surface area contributed by atoms with Crippen LogP contribution in [0.15, 0.2) is 17.2 Å². The van der Waals surface area contributed by atoms with Gasteiger partial charge in [-0.1, -0.05) is 13.8 Å². The summed E-state index contributed by atoms with van der Waals surface area (Å²) < 4.78 is 7.29. The topological polar surface area (TPSA) is 59.4 Å². The van der Waals surface area contributed by atoms with Crippen molar-refractivity contribution in [3.63, 3.8) is 0 Å². The van der Waals surface area contributed by atoms with Crippen LogP contribution in [0.3, 0.4) is 0 Å². The van der Waals surface area contributed by atoms with Crippen molar-refractivity contribution in [3.05, 3.63) is 22.7 Å². The maximum atomic E-state index is 12.6. The first kappa shape index (κ1) is 16.0. The third-order valence-electron chi connectivity index (χ3n) is 3.67. The largest absolute Gasteiger partial charge is 0.377 e. The Kier molecular flexibility index (Phi) is 5.36. The van der Waals surface area contributed by atoms with Gasteiger partial charge in [0.15, 0.2) is 5.82 Å². The smallest absolute Gasteiger partial charge is 0.293 e. The molecule has 0 radical (unpaired) electrons. The molecule has 1 aromatic rings. The van der Waals surface area contributed by atoms with E-state index in [9.17, 15) is 4.79 Å². The van der Waals surface area contributed by atoms with E-state index >= 15 is 0 Å². The minimum Gasteiger partial charge on any atom is -0.377 e. The van der Waals surface area contributed by atoms with Crippen LogP contribution in [0.4, 0.5) is 5.82 Å². The lowest BCUT2D eigenvalue weighted by atomic mass is 10.2. The molecule has 0 saturated carbocycles. The Morgan fingerprint density at radius 3 is 2.86 bits per heavy atom. The van der Waals surface area contributed by atoms with Gasteiger partial charge in [-0.3, -0.25) is 4.79 Å². The van der Waals surface area contributed by atoms with Gasteiger partial charge in [-0.25, -0.2) is 4.98 Å². The lowest BCUT2D eigenvalue weighted by Gasteiger charge is -2.36. The molecule has 1 aliphatic rings. The molecule has 6 heteroatoms. The van der Waals surface area contributed by atoms with E-state index in [4.69, 9.17) is 4.74 Å². The Labute approximate surface area is 126 Å². The van der Waals surface area contributed by atoms with Gasteiger partial charge in [0.2, 0.25) is 0 Å². The number of aromatic nitrogens is 2. The highest BCUT2D eigenvalue weighted by atomic mass is 16.5. The standard InChI is InChI=1S/C15H26N4O2/c1-11(2)17-9-13-10-21-8-7-19(13)14-15(20)18(12(3)4)6-5-16-14/h5-6,11-13,17H,7-10H2,1-4H3. The van der Waals surface area contributed by atoms with Crippen molar-refractivity contribution in [3.8, 4) is 0 Å². The molecule has 1 saturated heterocycles. The van der Waals surface area contributed by atoms with Gasteiger partial charge in [0.1, 0.15) is 0 Å². The monoisotopic (exact) mass is 294 g/mol. The second-order valence-corrected chi connectivity index (χ2v) is 6.04. The zero-order valence-electron chi connectivity index (χ0n) is 13.4. The number of morpholine rings is 1. The van der Waals surface area contributed by atoms with E-state index in [-0.39, 0.29) is 17.6 Å². The van der Waals surface area contributed by atoms with Crippen molar-refractivity contribution in [1.82, 2.24) is 14.9 Å². The molecule has 2 rings (SSSR count). The predicted octanol–water partition coefficient (Wildman–Crippen LogP) is 1.03. The summed E-state index contributed by atoms with van der Waals surface area (Å²) in [5, 5.41) is 3.41. The van der Waals surface area contributed by atoms with Crippen LogP contribution < -0.4 is 15.8 Å². The molecule has 0 amide bonds. The molecular formula is C15H26N4O2. The fourth-order valence-corrected chi connectivity index (χ4v) is 2.49. The number of hydrogen-bond acceptors (Lipinski definition) is 5. The molecule has 0 spiro atoms. The molecule has 0 aliphatic carbocycles. The van der Waals surface area contributed by atoms with Gasteiger partial charge in [0, 0.05) is 37.6 Å². The Morgan fingerprint density at radius 2 is 2.19 bits per heavy atom. The average molecular weight is 294 g/mol. The molecule has 1 atom stereocenters. The maximum Gasteiger partial charge on any atom is 0.293 e. The molecule has 21 heavy (non-hydrogen) atoms. The molecule has 6 nitrogen and oxygen atoms in total. The zero-order chi connectivity index (χ0) is 15.4. The van der Waals surface area contributed by atoms with Crippen LogP contribution in [0.2, 0.25) is 0 Å². The van der Waals surface area contributed by atoms with Crippen LogP contribution >= 0.6 is 0 Å². The Hall–Kier alpha value is -1.40. The molecule has 1 unspecified atom stereocenters. The van der Waals surface area contributed by atoms with Gasteiger partial charge >= 0.3 is 0 Å². The quantitative estimate of drug-likeness (QED) is 0.879. The molecule has 1 N–H and O–H groups in total. The van der Waals surface area contributed by atoms with Crippen LogP contribution in [-0.2, 0) is 4.74 Å². The van der Waals surface area contributed by atoms with Crippen LogP contribution in [0.1, 0.15) is 33.7 Å². The van der Waals surface area contributed by atoms with Gasteiger partial charge in [-0.15, -0.1) is 0 Å². The first-order valence-corrected chi connectivity index (χ1v) is 7.65. The average Bonchev–Trinajstić information content (AvgIpc) is 2.45. The van der Waals surface area contributed by atoms with Crippen molar-refractivity contribution in [2.75, 3.05) is 31.2 Å². The van der Waals surface area contributed by atoms with Gasteiger partial charge in [0.25, 0.3) is 5.56 Å². The first-order valence-electron chi connectivity index (χ1n) is 7.65. The van der Waals surface area contributed by atoms with Crippen molar-refractivity contribution < 1.29 is 4.74 Å². The lowest BCUT2D eigenvalue weighted by molar-refractivity contribution is 0.0925. The number of hydrogen-bond donors (Lipinski definition) is 1. The van der Waals surface area contributed by atoms with E-state index in [2.05, 4.69) is 29.0 Å². The summed E-state index contributed by atoms with van der Waals surface area (Å²) in [6.07, 6.45) is 3.46. The lowest BCUT2D eigenvalue weighted by Crippen LogP contribution is -2.53. The number of ether oxygens (including phenoxy) is 1. The summed E-state index contributed by atoms with van der Waals surface area (Å²) in [5.41, 5.74) is -0.0241. The van der Waals surface area contributed by atoms with Gasteiger partial charge in [-0.05, 0) is 13.8 Å². The molecular weight excluding hydrogens is 268 g/mol. The van der Waals surface area contributed by atoms with E-state index in [1.54, 1.807) is 17.0 Å². The fraction of sp³-hybridized carbons (Fsp3) is 0.733. The maximum absolute atomic E-state index is 12.6. The van der Waals surface area contributed by atoms with Crippen LogP contribution in [0.25, 0.3) is 0 Å². The van der Waals surface area contributed by atoms with Crippen LogP contribution in [0.5, 0.6) is 0 Å². The first-order chi connectivity index (χ1) is 10.0. The number of nitrogens with one attached hydrogen (secondary N) is 1. The van der Waals surface area contributed by atoms with E-state index in [1.165, 1.54) is 0 Å². The summed E-state index contributed by atoms with van der Waals surface area (Å²) in [4.78, 5) is 19.0. The molecule has 118 valence electrons. The highest BCUT2D eigenvalue weighted by Crippen LogP contribution is 2.14. The fourth-order valence-electron chi connectivity index (χ4n) is 2.49. The van der Waals surface area contributed by atoms with Crippen molar-refractivity contribution in [1.29, 1.82) is 0 Å². The minimum atomic E-state index is -0.0241. The van der Waals surface area contributed by atoms with Crippen molar-refractivity contribution in [2.24, 2.45) is 0 Å². The third-order valence-corrected chi connectivity index (χ3v) is 3.67. The second-order valence-electron chi connectivity index (χ2n) is 6.04. The molecule has 0 bridgehead atoms. The van der Waals surface area contributed by atoms with Gasteiger partial charge < -0.3 is 19.5 Å². The van der Waals surface area contributed by atoms with Gasteiger partial charge in [0.05, 0.1) is 19.3 Å². The molecule has 1 aromatic heterocycles. The molecule has 1 fully saturated rings. The summed E-state index contributed by atoms with van der Waals surface area (Å²) in [6.45, 7) is 11.0. The number of rotatable bonds is 5. The SMILES string of the molecule is CC(C)NCC1COCCN1c1nccn(C(C)C)c1=O. The van der Waals surface area contributed by atoms with Crippen LogP contribution in [0, 0.1) is 0 Å². The Balaban J connectivity index is 2.25. The summed E-state index contributed by atoms with van der Waals surface area (Å²) in [5.74, 6) is 0.532. The molecule has 0 aromatic carbocycles.